The maximum Gasteiger partial charge on any atom is 0.134 e. The van der Waals surface area contributed by atoms with E-state index < -0.39 is 0 Å². The Bertz CT molecular complexity index is 988. The predicted octanol–water partition coefficient (Wildman–Crippen LogP) is 4.85. The van der Waals surface area contributed by atoms with Crippen molar-refractivity contribution in [3.8, 4) is 5.69 Å². The van der Waals surface area contributed by atoms with E-state index in [-0.39, 0.29) is 11.6 Å². The van der Waals surface area contributed by atoms with E-state index in [9.17, 15) is 9.18 Å². The third-order valence-corrected chi connectivity index (χ3v) is 5.13. The number of aromatic nitrogens is 2. The minimum absolute atomic E-state index is 0.110. The van der Waals surface area contributed by atoms with E-state index in [1.54, 1.807) is 19.2 Å². The number of hydrogen-bond acceptors (Lipinski definition) is 2. The molecule has 0 bridgehead atoms. The zero-order valence-corrected chi connectivity index (χ0v) is 16.3. The Hall–Kier alpha value is -2.75. The first-order valence-corrected chi connectivity index (χ1v) is 9.23. The minimum Gasteiger partial charge on any atom is -0.300 e. The van der Waals surface area contributed by atoms with Gasteiger partial charge in [0.05, 0.1) is 11.9 Å². The minimum atomic E-state index is -0.260. The van der Waals surface area contributed by atoms with E-state index >= 15 is 0 Å². The molecule has 0 N–H and O–H groups in total. The highest BCUT2D eigenvalue weighted by Gasteiger charge is 2.16. The average molecular weight is 364 g/mol. The zero-order chi connectivity index (χ0) is 19.6. The molecule has 1 heterocycles. The zero-order valence-electron chi connectivity index (χ0n) is 16.3. The summed E-state index contributed by atoms with van der Waals surface area (Å²) in [5, 5.41) is 4.52. The van der Waals surface area contributed by atoms with Gasteiger partial charge in [-0.15, -0.1) is 0 Å². The average Bonchev–Trinajstić information content (AvgIpc) is 2.98. The van der Waals surface area contributed by atoms with Gasteiger partial charge in [-0.25, -0.2) is 9.07 Å². The maximum atomic E-state index is 13.5. The lowest BCUT2D eigenvalue weighted by atomic mass is 9.97. The lowest BCUT2D eigenvalue weighted by molar-refractivity contribution is -0.116. The summed E-state index contributed by atoms with van der Waals surface area (Å²) in [5.41, 5.74) is 7.50. The summed E-state index contributed by atoms with van der Waals surface area (Å²) < 4.78 is 15.4. The van der Waals surface area contributed by atoms with E-state index in [1.807, 2.05) is 11.6 Å². The number of nitrogens with zero attached hydrogens (tertiary/aromatic N) is 2. The van der Waals surface area contributed by atoms with Crippen LogP contribution < -0.4 is 0 Å². The number of aryl methyl sites for hydroxylation is 3. The monoisotopic (exact) mass is 364 g/mol. The van der Waals surface area contributed by atoms with Gasteiger partial charge in [0.2, 0.25) is 0 Å². The number of Topliss-reactive ketones (excluding diaryl/α,β-unsaturated/α-hetero) is 1. The van der Waals surface area contributed by atoms with Gasteiger partial charge in [-0.2, -0.15) is 5.10 Å². The van der Waals surface area contributed by atoms with Crippen molar-refractivity contribution in [2.45, 2.75) is 47.0 Å². The number of halogens is 1. The van der Waals surface area contributed by atoms with Crippen LogP contribution in [0.25, 0.3) is 5.69 Å². The summed E-state index contributed by atoms with van der Waals surface area (Å²) in [7, 11) is 0. The van der Waals surface area contributed by atoms with Gasteiger partial charge < -0.3 is 0 Å². The molecule has 3 rings (SSSR count). The Balaban J connectivity index is 1.99. The van der Waals surface area contributed by atoms with Crippen molar-refractivity contribution in [3.05, 3.63) is 81.9 Å². The molecule has 0 amide bonds. The van der Waals surface area contributed by atoms with Crippen LogP contribution >= 0.6 is 0 Å². The van der Waals surface area contributed by atoms with Gasteiger partial charge in [0, 0.05) is 17.7 Å². The van der Waals surface area contributed by atoms with Gasteiger partial charge in [-0.1, -0.05) is 18.2 Å². The van der Waals surface area contributed by atoms with Crippen LogP contribution in [0.2, 0.25) is 0 Å². The van der Waals surface area contributed by atoms with Crippen molar-refractivity contribution in [1.29, 1.82) is 0 Å². The molecule has 0 aliphatic carbocycles. The van der Waals surface area contributed by atoms with E-state index in [4.69, 9.17) is 0 Å². The molecule has 4 heteroatoms. The summed E-state index contributed by atoms with van der Waals surface area (Å²) in [4.78, 5) is 11.7. The highest BCUT2D eigenvalue weighted by molar-refractivity contribution is 5.78. The lowest BCUT2D eigenvalue weighted by Crippen LogP contribution is -2.09. The van der Waals surface area contributed by atoms with Gasteiger partial charge in [-0.3, -0.25) is 4.79 Å². The van der Waals surface area contributed by atoms with Crippen molar-refractivity contribution in [1.82, 2.24) is 9.78 Å². The van der Waals surface area contributed by atoms with Crippen LogP contribution in [0.1, 0.15) is 40.4 Å². The van der Waals surface area contributed by atoms with Gasteiger partial charge >= 0.3 is 0 Å². The molecular formula is C23H25FN2O. The van der Waals surface area contributed by atoms with Crippen LogP contribution in [0, 0.1) is 26.6 Å². The van der Waals surface area contributed by atoms with Gasteiger partial charge in [0.25, 0.3) is 0 Å². The summed E-state index contributed by atoms with van der Waals surface area (Å²) in [6.07, 6.45) is 3.76. The second kappa shape index (κ2) is 7.87. The van der Waals surface area contributed by atoms with Crippen LogP contribution in [0.15, 0.2) is 42.6 Å². The molecule has 0 unspecified atom stereocenters. The van der Waals surface area contributed by atoms with Crippen molar-refractivity contribution in [2.75, 3.05) is 0 Å². The van der Waals surface area contributed by atoms with Gasteiger partial charge in [-0.05, 0) is 81.0 Å². The molecule has 0 radical (unpaired) electrons. The molecule has 3 nitrogen and oxygen atoms in total. The van der Waals surface area contributed by atoms with Crippen molar-refractivity contribution < 1.29 is 9.18 Å². The Labute approximate surface area is 159 Å². The van der Waals surface area contributed by atoms with Crippen LogP contribution in [0.5, 0.6) is 0 Å². The second-order valence-electron chi connectivity index (χ2n) is 7.20. The largest absolute Gasteiger partial charge is 0.300 e. The molecule has 0 aliphatic rings. The van der Waals surface area contributed by atoms with Crippen LogP contribution in [-0.4, -0.2) is 15.6 Å². The Morgan fingerprint density at radius 3 is 2.52 bits per heavy atom. The summed E-state index contributed by atoms with van der Waals surface area (Å²) in [6, 6.07) is 11.1. The number of ketones is 1. The second-order valence-corrected chi connectivity index (χ2v) is 7.20. The van der Waals surface area contributed by atoms with Gasteiger partial charge in [0.15, 0.2) is 0 Å². The molecule has 1 aromatic heterocycles. The van der Waals surface area contributed by atoms with E-state index in [0.29, 0.717) is 6.42 Å². The van der Waals surface area contributed by atoms with E-state index in [2.05, 4.69) is 37.1 Å². The number of hydrogen-bond donors (Lipinski definition) is 0. The molecule has 3 aromatic rings. The summed E-state index contributed by atoms with van der Waals surface area (Å²) >= 11 is 0. The normalized spacial score (nSPS) is 11.0. The number of benzene rings is 2. The lowest BCUT2D eigenvalue weighted by Gasteiger charge is -2.13. The van der Waals surface area contributed by atoms with E-state index in [1.165, 1.54) is 28.8 Å². The van der Waals surface area contributed by atoms with Crippen molar-refractivity contribution in [2.24, 2.45) is 0 Å². The topological polar surface area (TPSA) is 34.9 Å². The summed E-state index contributed by atoms with van der Waals surface area (Å²) in [6.45, 7) is 7.73. The predicted molar refractivity (Wildman–Crippen MR) is 106 cm³/mol. The fraction of sp³-hybridized carbons (Fsp3) is 0.304. The first kappa shape index (κ1) is 19.0. The smallest absolute Gasteiger partial charge is 0.134 e. The van der Waals surface area contributed by atoms with Crippen molar-refractivity contribution in [3.63, 3.8) is 0 Å². The highest BCUT2D eigenvalue weighted by atomic mass is 19.1. The fourth-order valence-electron chi connectivity index (χ4n) is 3.49. The first-order valence-electron chi connectivity index (χ1n) is 9.23. The third-order valence-electron chi connectivity index (χ3n) is 5.13. The summed E-state index contributed by atoms with van der Waals surface area (Å²) in [5.74, 6) is -0.150. The standard InChI is InChI=1S/C23H25FN2O/c1-15-6-5-7-19(18(15)4)8-10-23-20(13-17(3)27)14-25-26(23)22-11-9-21(24)12-16(22)2/h5-7,9,11-12,14H,8,10,13H2,1-4H3. The molecule has 0 spiro atoms. The van der Waals surface area contributed by atoms with Gasteiger partial charge in [0.1, 0.15) is 11.6 Å². The van der Waals surface area contributed by atoms with Crippen LogP contribution in [0.4, 0.5) is 4.39 Å². The van der Waals surface area contributed by atoms with Crippen LogP contribution in [-0.2, 0) is 24.1 Å². The van der Waals surface area contributed by atoms with E-state index in [0.717, 1.165) is 35.3 Å². The molecular weight excluding hydrogens is 339 g/mol. The Kier molecular flexibility index (Phi) is 5.54. The third kappa shape index (κ3) is 4.16. The van der Waals surface area contributed by atoms with Crippen LogP contribution in [0.3, 0.4) is 0 Å². The number of rotatable bonds is 6. The number of carbonyl (C=O) groups excluding carboxylic acids is 1. The highest BCUT2D eigenvalue weighted by Crippen LogP contribution is 2.22. The first-order chi connectivity index (χ1) is 12.9. The quantitative estimate of drug-likeness (QED) is 0.626. The Morgan fingerprint density at radius 2 is 1.81 bits per heavy atom. The molecule has 0 saturated heterocycles. The molecule has 0 saturated carbocycles. The fourth-order valence-corrected chi connectivity index (χ4v) is 3.49. The van der Waals surface area contributed by atoms with Crippen molar-refractivity contribution >= 4 is 5.78 Å². The molecule has 140 valence electrons. The molecule has 2 aromatic carbocycles. The molecule has 0 fully saturated rings. The molecule has 0 aliphatic heterocycles. The number of carbonyl (C=O) groups is 1. The Morgan fingerprint density at radius 1 is 1.04 bits per heavy atom. The molecule has 0 atom stereocenters. The maximum absolute atomic E-state index is 13.5. The molecule has 27 heavy (non-hydrogen) atoms. The SMILES string of the molecule is CC(=O)Cc1cnn(-c2ccc(F)cc2C)c1CCc1cccc(C)c1C.